The van der Waals surface area contributed by atoms with Gasteiger partial charge < -0.3 is 8.85 Å². The lowest BCUT2D eigenvalue weighted by Crippen LogP contribution is -2.49. The normalized spacial score (nSPS) is 14.8. The molecule has 0 radical (unpaired) electrons. The molecular formula is C8H19ClO2Si. The molecule has 1 atom stereocenters. The summed E-state index contributed by atoms with van der Waals surface area (Å²) < 4.78 is 11.3. The van der Waals surface area contributed by atoms with E-state index in [1.807, 2.05) is 20.8 Å². The van der Waals surface area contributed by atoms with Gasteiger partial charge in [0.25, 0.3) is 0 Å². The minimum Gasteiger partial charge on any atom is -0.394 e. The molecule has 1 unspecified atom stereocenters. The van der Waals surface area contributed by atoms with Crippen LogP contribution in [0.3, 0.4) is 0 Å². The largest absolute Gasteiger partial charge is 0.394 e. The lowest BCUT2D eigenvalue weighted by Gasteiger charge is -2.30. The molecule has 12 heavy (non-hydrogen) atoms. The molecule has 0 N–H and O–H groups in total. The zero-order chi connectivity index (χ0) is 9.61. The molecule has 0 heterocycles. The zero-order valence-corrected chi connectivity index (χ0v) is 10.1. The van der Waals surface area contributed by atoms with Gasteiger partial charge in [0.1, 0.15) is 0 Å². The van der Waals surface area contributed by atoms with Crippen LogP contribution in [0.5, 0.6) is 0 Å². The van der Waals surface area contributed by atoms with Crippen molar-refractivity contribution in [3.05, 3.63) is 0 Å². The van der Waals surface area contributed by atoms with Gasteiger partial charge in [-0.05, 0) is 26.8 Å². The summed E-state index contributed by atoms with van der Waals surface area (Å²) in [6.45, 7) is 9.39. The summed E-state index contributed by atoms with van der Waals surface area (Å²) in [4.78, 5) is 0. The fourth-order valence-electron chi connectivity index (χ4n) is 1.25. The molecule has 0 aliphatic heterocycles. The first-order chi connectivity index (χ1) is 5.63. The van der Waals surface area contributed by atoms with E-state index in [9.17, 15) is 0 Å². The summed E-state index contributed by atoms with van der Waals surface area (Å²) in [5, 5.41) is 0.0161. The molecule has 2 nitrogen and oxygen atoms in total. The topological polar surface area (TPSA) is 18.5 Å². The first-order valence-electron chi connectivity index (χ1n) is 4.54. The third-order valence-corrected chi connectivity index (χ3v) is 6.63. The quantitative estimate of drug-likeness (QED) is 0.496. The molecule has 4 heteroatoms. The Balaban J connectivity index is 4.28. The second-order valence-corrected chi connectivity index (χ2v) is 7.44. The Labute approximate surface area is 81.5 Å². The minimum atomic E-state index is -2.08. The molecule has 0 bridgehead atoms. The molecule has 0 saturated heterocycles. The predicted octanol–water partition coefficient (Wildman–Crippen LogP) is 2.69. The molecule has 74 valence electrons. The van der Waals surface area contributed by atoms with Crippen molar-refractivity contribution in [2.24, 2.45) is 0 Å². The van der Waals surface area contributed by atoms with Gasteiger partial charge in [0.15, 0.2) is 0 Å². The van der Waals surface area contributed by atoms with Crippen LogP contribution in [-0.2, 0) is 8.85 Å². The standard InChI is InChI=1S/C8H19ClO2Si/c1-5-10-12(7-3,8(4)9)11-6-2/h8H,5-7H2,1-4H3. The van der Waals surface area contributed by atoms with Gasteiger partial charge >= 0.3 is 8.56 Å². The summed E-state index contributed by atoms with van der Waals surface area (Å²) in [5.74, 6) is 0. The van der Waals surface area contributed by atoms with E-state index in [-0.39, 0.29) is 5.00 Å². The predicted molar refractivity (Wildman–Crippen MR) is 54.8 cm³/mol. The summed E-state index contributed by atoms with van der Waals surface area (Å²) in [7, 11) is -2.08. The van der Waals surface area contributed by atoms with Crippen LogP contribution in [0.2, 0.25) is 6.04 Å². The van der Waals surface area contributed by atoms with Gasteiger partial charge in [-0.2, -0.15) is 0 Å². The van der Waals surface area contributed by atoms with E-state index in [2.05, 4.69) is 6.92 Å². The molecule has 0 saturated carbocycles. The average Bonchev–Trinajstić information content (AvgIpc) is 2.03. The van der Waals surface area contributed by atoms with Crippen LogP contribution in [0.4, 0.5) is 0 Å². The van der Waals surface area contributed by atoms with Crippen LogP contribution >= 0.6 is 11.6 Å². The Kier molecular flexibility index (Phi) is 6.18. The molecule has 0 spiro atoms. The highest BCUT2D eigenvalue weighted by Crippen LogP contribution is 2.21. The molecule has 0 rings (SSSR count). The molecule has 0 amide bonds. The third-order valence-electron chi connectivity index (χ3n) is 1.88. The van der Waals surface area contributed by atoms with E-state index in [1.165, 1.54) is 0 Å². The molecule has 0 aliphatic carbocycles. The van der Waals surface area contributed by atoms with Crippen LogP contribution in [0, 0.1) is 0 Å². The summed E-state index contributed by atoms with van der Waals surface area (Å²) in [6.07, 6.45) is 0. The number of rotatable bonds is 6. The highest BCUT2D eigenvalue weighted by Gasteiger charge is 2.40. The maximum absolute atomic E-state index is 6.07. The van der Waals surface area contributed by atoms with E-state index in [0.29, 0.717) is 13.2 Å². The van der Waals surface area contributed by atoms with Crippen molar-refractivity contribution in [3.8, 4) is 0 Å². The van der Waals surface area contributed by atoms with E-state index < -0.39 is 8.56 Å². The summed E-state index contributed by atoms with van der Waals surface area (Å²) >= 11 is 6.07. The molecule has 0 aliphatic rings. The summed E-state index contributed by atoms with van der Waals surface area (Å²) in [6, 6.07) is 0.916. The van der Waals surface area contributed by atoms with E-state index in [1.54, 1.807) is 0 Å². The maximum Gasteiger partial charge on any atom is 0.356 e. The van der Waals surface area contributed by atoms with Crippen molar-refractivity contribution in [2.75, 3.05) is 13.2 Å². The van der Waals surface area contributed by atoms with Crippen LogP contribution < -0.4 is 0 Å². The second-order valence-electron chi connectivity index (χ2n) is 2.65. The number of hydrogen-bond donors (Lipinski definition) is 0. The Morgan fingerprint density at radius 2 is 1.58 bits per heavy atom. The molecule has 0 fully saturated rings. The SMILES string of the molecule is CCO[Si](CC)(OCC)C(C)Cl. The van der Waals surface area contributed by atoms with Crippen molar-refractivity contribution in [3.63, 3.8) is 0 Å². The monoisotopic (exact) mass is 210 g/mol. The maximum atomic E-state index is 6.07. The lowest BCUT2D eigenvalue weighted by atomic mass is 10.9. The Morgan fingerprint density at radius 3 is 1.75 bits per heavy atom. The fourth-order valence-corrected chi connectivity index (χ4v) is 4.58. The zero-order valence-electron chi connectivity index (χ0n) is 8.39. The van der Waals surface area contributed by atoms with Crippen molar-refractivity contribution in [2.45, 2.75) is 38.7 Å². The van der Waals surface area contributed by atoms with Crippen LogP contribution in [0.25, 0.3) is 0 Å². The second kappa shape index (κ2) is 5.97. The molecule has 0 aromatic rings. The van der Waals surface area contributed by atoms with Crippen molar-refractivity contribution >= 4 is 20.2 Å². The van der Waals surface area contributed by atoms with Gasteiger partial charge in [0.05, 0.1) is 5.00 Å². The smallest absolute Gasteiger partial charge is 0.356 e. The first kappa shape index (κ1) is 12.4. The number of hydrogen-bond acceptors (Lipinski definition) is 2. The van der Waals surface area contributed by atoms with Gasteiger partial charge in [-0.1, -0.05) is 6.92 Å². The fraction of sp³-hybridized carbons (Fsp3) is 1.00. The molecule has 0 aromatic heterocycles. The van der Waals surface area contributed by atoms with Gasteiger partial charge in [-0.25, -0.2) is 0 Å². The Hall–Kier alpha value is 0.427. The van der Waals surface area contributed by atoms with Crippen molar-refractivity contribution < 1.29 is 8.85 Å². The Bertz CT molecular complexity index is 114. The van der Waals surface area contributed by atoms with Gasteiger partial charge in [0.2, 0.25) is 0 Å². The molecule has 0 aromatic carbocycles. The van der Waals surface area contributed by atoms with Gasteiger partial charge in [-0.3, -0.25) is 0 Å². The van der Waals surface area contributed by atoms with Crippen molar-refractivity contribution in [1.29, 1.82) is 0 Å². The van der Waals surface area contributed by atoms with Crippen LogP contribution in [0.15, 0.2) is 0 Å². The van der Waals surface area contributed by atoms with Gasteiger partial charge in [0, 0.05) is 13.2 Å². The molecular weight excluding hydrogens is 192 g/mol. The number of alkyl halides is 1. The average molecular weight is 211 g/mol. The highest BCUT2D eigenvalue weighted by molar-refractivity contribution is 6.76. The van der Waals surface area contributed by atoms with E-state index in [0.717, 1.165) is 6.04 Å². The minimum absolute atomic E-state index is 0.0161. The van der Waals surface area contributed by atoms with E-state index >= 15 is 0 Å². The van der Waals surface area contributed by atoms with Crippen molar-refractivity contribution in [1.82, 2.24) is 0 Å². The first-order valence-corrected chi connectivity index (χ1v) is 7.08. The third kappa shape index (κ3) is 3.05. The van der Waals surface area contributed by atoms with Crippen LogP contribution in [0.1, 0.15) is 27.7 Å². The highest BCUT2D eigenvalue weighted by atomic mass is 35.5. The van der Waals surface area contributed by atoms with Gasteiger partial charge in [-0.15, -0.1) is 11.6 Å². The lowest BCUT2D eigenvalue weighted by molar-refractivity contribution is 0.182. The summed E-state index contributed by atoms with van der Waals surface area (Å²) in [5.41, 5.74) is 0. The number of halogens is 1. The Morgan fingerprint density at radius 1 is 1.17 bits per heavy atom. The van der Waals surface area contributed by atoms with Crippen LogP contribution in [-0.4, -0.2) is 26.8 Å². The van der Waals surface area contributed by atoms with E-state index in [4.69, 9.17) is 20.5 Å².